The summed E-state index contributed by atoms with van der Waals surface area (Å²) in [5.41, 5.74) is 4.10. The standard InChI is InChI=1S/C11H18N2S/c12-9-10(11-5-4-8-14-11)13-6-2-1-3-7-13/h4-5,8,10H,1-3,6-7,9,12H2/p+2/t10-/m0/s1. The summed E-state index contributed by atoms with van der Waals surface area (Å²) in [6, 6.07) is 5.09. The number of likely N-dealkylation sites (tertiary alicyclic amines) is 1. The van der Waals surface area contributed by atoms with Crippen LogP contribution in [0.2, 0.25) is 0 Å². The van der Waals surface area contributed by atoms with Gasteiger partial charge in [0.15, 0.2) is 6.04 Å². The highest BCUT2D eigenvalue weighted by Gasteiger charge is 2.26. The van der Waals surface area contributed by atoms with E-state index in [9.17, 15) is 0 Å². The number of hydrogen-bond acceptors (Lipinski definition) is 1. The second-order valence-corrected chi connectivity index (χ2v) is 5.05. The van der Waals surface area contributed by atoms with Gasteiger partial charge in [0.05, 0.1) is 18.0 Å². The topological polar surface area (TPSA) is 32.1 Å². The highest BCUT2D eigenvalue weighted by Crippen LogP contribution is 2.15. The summed E-state index contributed by atoms with van der Waals surface area (Å²) in [5, 5.41) is 2.18. The lowest BCUT2D eigenvalue weighted by molar-refractivity contribution is -0.941. The molecule has 0 amide bonds. The molecule has 1 aliphatic rings. The molecule has 3 heteroatoms. The Morgan fingerprint density at radius 3 is 2.71 bits per heavy atom. The molecule has 1 saturated heterocycles. The van der Waals surface area contributed by atoms with Gasteiger partial charge in [0, 0.05) is 0 Å². The van der Waals surface area contributed by atoms with Crippen molar-refractivity contribution in [3.8, 4) is 0 Å². The van der Waals surface area contributed by atoms with E-state index in [1.165, 1.54) is 37.2 Å². The average molecular weight is 212 g/mol. The van der Waals surface area contributed by atoms with Crippen LogP contribution in [-0.2, 0) is 0 Å². The monoisotopic (exact) mass is 212 g/mol. The number of rotatable bonds is 3. The molecule has 1 atom stereocenters. The van der Waals surface area contributed by atoms with E-state index < -0.39 is 0 Å². The highest BCUT2D eigenvalue weighted by molar-refractivity contribution is 7.10. The van der Waals surface area contributed by atoms with Crippen LogP contribution in [0.15, 0.2) is 17.5 Å². The van der Waals surface area contributed by atoms with Gasteiger partial charge in [-0.1, -0.05) is 6.07 Å². The van der Waals surface area contributed by atoms with Gasteiger partial charge in [0.2, 0.25) is 0 Å². The molecule has 4 N–H and O–H groups in total. The van der Waals surface area contributed by atoms with E-state index in [4.69, 9.17) is 0 Å². The molecule has 0 bridgehead atoms. The lowest BCUT2D eigenvalue weighted by Gasteiger charge is -2.29. The zero-order chi connectivity index (χ0) is 9.80. The second-order valence-electron chi connectivity index (χ2n) is 4.08. The highest BCUT2D eigenvalue weighted by atomic mass is 32.1. The van der Waals surface area contributed by atoms with Gasteiger partial charge < -0.3 is 10.6 Å². The van der Waals surface area contributed by atoms with Crippen LogP contribution < -0.4 is 10.6 Å². The molecule has 78 valence electrons. The summed E-state index contributed by atoms with van der Waals surface area (Å²) in [6.45, 7) is 3.73. The Kier molecular flexibility index (Phi) is 3.56. The van der Waals surface area contributed by atoms with Gasteiger partial charge in [-0.25, -0.2) is 0 Å². The van der Waals surface area contributed by atoms with E-state index in [1.54, 1.807) is 4.90 Å². The first-order valence-electron chi connectivity index (χ1n) is 5.59. The molecule has 1 aromatic heterocycles. The zero-order valence-electron chi connectivity index (χ0n) is 8.67. The van der Waals surface area contributed by atoms with E-state index >= 15 is 0 Å². The van der Waals surface area contributed by atoms with E-state index in [1.807, 2.05) is 11.3 Å². The minimum absolute atomic E-state index is 0.662. The molecule has 2 rings (SSSR count). The summed E-state index contributed by atoms with van der Waals surface area (Å²) >= 11 is 1.89. The first kappa shape index (κ1) is 10.1. The SMILES string of the molecule is [NH3+]C[C@@H](c1cccs1)[NH+]1CCCCC1. The summed E-state index contributed by atoms with van der Waals surface area (Å²) in [4.78, 5) is 3.28. The molecule has 0 aliphatic carbocycles. The zero-order valence-corrected chi connectivity index (χ0v) is 9.48. The smallest absolute Gasteiger partial charge is 0.172 e. The summed E-state index contributed by atoms with van der Waals surface area (Å²) in [7, 11) is 0. The van der Waals surface area contributed by atoms with Gasteiger partial charge in [-0.3, -0.25) is 0 Å². The van der Waals surface area contributed by atoms with Gasteiger partial charge in [0.1, 0.15) is 6.54 Å². The van der Waals surface area contributed by atoms with Crippen molar-refractivity contribution >= 4 is 11.3 Å². The Labute approximate surface area is 89.7 Å². The molecule has 1 fully saturated rings. The normalized spacial score (nSPS) is 20.9. The maximum absolute atomic E-state index is 4.10. The van der Waals surface area contributed by atoms with Crippen LogP contribution in [0.25, 0.3) is 0 Å². The maximum atomic E-state index is 4.10. The molecule has 1 aromatic rings. The van der Waals surface area contributed by atoms with Crippen molar-refractivity contribution in [2.45, 2.75) is 25.3 Å². The minimum atomic E-state index is 0.662. The number of nitrogens with one attached hydrogen (secondary N) is 1. The fourth-order valence-electron chi connectivity index (χ4n) is 2.39. The summed E-state index contributed by atoms with van der Waals surface area (Å²) in [6.07, 6.45) is 4.23. The van der Waals surface area contributed by atoms with Crippen LogP contribution in [0.4, 0.5) is 0 Å². The van der Waals surface area contributed by atoms with E-state index in [-0.39, 0.29) is 0 Å². The lowest BCUT2D eigenvalue weighted by Crippen LogP contribution is -3.14. The first-order valence-corrected chi connectivity index (χ1v) is 6.47. The first-order chi connectivity index (χ1) is 6.92. The largest absolute Gasteiger partial charge is 0.352 e. The molecular weight excluding hydrogens is 192 g/mol. The number of thiophene rings is 1. The molecule has 2 heterocycles. The van der Waals surface area contributed by atoms with Crippen molar-refractivity contribution in [1.29, 1.82) is 0 Å². The van der Waals surface area contributed by atoms with Gasteiger partial charge >= 0.3 is 0 Å². The fraction of sp³-hybridized carbons (Fsp3) is 0.636. The lowest BCUT2D eigenvalue weighted by atomic mass is 10.1. The van der Waals surface area contributed by atoms with E-state index in [2.05, 4.69) is 23.2 Å². The third-order valence-corrected chi connectivity index (χ3v) is 4.15. The Balaban J connectivity index is 2.04. The number of piperidine rings is 1. The molecule has 2 nitrogen and oxygen atoms in total. The van der Waals surface area contributed by atoms with Crippen LogP contribution in [-0.4, -0.2) is 19.6 Å². The Morgan fingerprint density at radius 1 is 1.36 bits per heavy atom. The van der Waals surface area contributed by atoms with E-state index in [0.717, 1.165) is 6.54 Å². The molecule has 1 aliphatic heterocycles. The molecule has 0 unspecified atom stereocenters. The average Bonchev–Trinajstić information content (AvgIpc) is 2.74. The molecular formula is C11H20N2S+2. The predicted octanol–water partition coefficient (Wildman–Crippen LogP) is 0.0999. The number of hydrogen-bond donors (Lipinski definition) is 2. The Morgan fingerprint density at radius 2 is 2.14 bits per heavy atom. The van der Waals surface area contributed by atoms with Gasteiger partial charge in [-0.05, 0) is 30.7 Å². The van der Waals surface area contributed by atoms with Crippen molar-refractivity contribution in [2.24, 2.45) is 0 Å². The Hall–Kier alpha value is -0.380. The predicted molar refractivity (Wildman–Crippen MR) is 59.4 cm³/mol. The van der Waals surface area contributed by atoms with Crippen LogP contribution in [0.5, 0.6) is 0 Å². The van der Waals surface area contributed by atoms with Gasteiger partial charge in [-0.15, -0.1) is 11.3 Å². The van der Waals surface area contributed by atoms with Crippen molar-refractivity contribution in [3.63, 3.8) is 0 Å². The third-order valence-electron chi connectivity index (χ3n) is 3.16. The van der Waals surface area contributed by atoms with Crippen molar-refractivity contribution in [1.82, 2.24) is 0 Å². The van der Waals surface area contributed by atoms with Gasteiger partial charge in [0.25, 0.3) is 0 Å². The van der Waals surface area contributed by atoms with Crippen LogP contribution in [0.3, 0.4) is 0 Å². The quantitative estimate of drug-likeness (QED) is 0.712. The van der Waals surface area contributed by atoms with Crippen LogP contribution >= 0.6 is 11.3 Å². The summed E-state index contributed by atoms with van der Waals surface area (Å²) < 4.78 is 0. The summed E-state index contributed by atoms with van der Waals surface area (Å²) in [5.74, 6) is 0. The number of quaternary nitrogens is 2. The van der Waals surface area contributed by atoms with Crippen molar-refractivity contribution < 1.29 is 10.6 Å². The second kappa shape index (κ2) is 4.91. The molecule has 0 radical (unpaired) electrons. The Bertz CT molecular complexity index is 252. The van der Waals surface area contributed by atoms with E-state index in [0.29, 0.717) is 6.04 Å². The van der Waals surface area contributed by atoms with Crippen molar-refractivity contribution in [2.75, 3.05) is 19.6 Å². The van der Waals surface area contributed by atoms with Gasteiger partial charge in [-0.2, -0.15) is 0 Å². The molecule has 14 heavy (non-hydrogen) atoms. The molecule has 0 spiro atoms. The minimum Gasteiger partial charge on any atom is -0.352 e. The molecule has 0 aromatic carbocycles. The maximum Gasteiger partial charge on any atom is 0.172 e. The third kappa shape index (κ3) is 2.16. The molecule has 0 saturated carbocycles. The van der Waals surface area contributed by atoms with Crippen LogP contribution in [0.1, 0.15) is 30.2 Å². The van der Waals surface area contributed by atoms with Crippen molar-refractivity contribution in [3.05, 3.63) is 22.4 Å². The fourth-order valence-corrected chi connectivity index (χ4v) is 3.31. The van der Waals surface area contributed by atoms with Crippen LogP contribution in [0, 0.1) is 0 Å².